The van der Waals surface area contributed by atoms with Gasteiger partial charge >= 0.3 is 0 Å². The molecule has 1 unspecified atom stereocenters. The molecule has 0 aromatic carbocycles. The van der Waals surface area contributed by atoms with Crippen LogP contribution in [0.5, 0.6) is 0 Å². The highest BCUT2D eigenvalue weighted by atomic mass is 32.1. The Morgan fingerprint density at radius 3 is 2.89 bits per heavy atom. The van der Waals surface area contributed by atoms with Crippen LogP contribution in [0, 0.1) is 19.8 Å². The van der Waals surface area contributed by atoms with Crippen LogP contribution < -0.4 is 5.32 Å². The molecule has 100 valence electrons. The first-order chi connectivity index (χ1) is 9.13. The van der Waals surface area contributed by atoms with Gasteiger partial charge in [-0.05, 0) is 26.7 Å². The van der Waals surface area contributed by atoms with Crippen LogP contribution in [0.4, 0.5) is 5.13 Å². The Morgan fingerprint density at radius 2 is 2.16 bits per heavy atom. The fourth-order valence-electron chi connectivity index (χ4n) is 2.24. The smallest absolute Gasteiger partial charge is 0.229 e. The Morgan fingerprint density at radius 1 is 1.37 bits per heavy atom. The molecule has 0 spiro atoms. The molecule has 0 saturated carbocycles. The second kappa shape index (κ2) is 4.73. The number of fused-ring (bicyclic) bond motifs is 1. The van der Waals surface area contributed by atoms with E-state index >= 15 is 0 Å². The summed E-state index contributed by atoms with van der Waals surface area (Å²) in [6.45, 7) is 3.95. The second-order valence-corrected chi connectivity index (χ2v) is 6.01. The highest BCUT2D eigenvalue weighted by Gasteiger charge is 2.27. The highest BCUT2D eigenvalue weighted by Crippen LogP contribution is 2.25. The van der Waals surface area contributed by atoms with Gasteiger partial charge in [0.2, 0.25) is 5.91 Å². The minimum Gasteiger partial charge on any atom is -0.302 e. The van der Waals surface area contributed by atoms with Gasteiger partial charge in [-0.1, -0.05) is 0 Å². The zero-order valence-corrected chi connectivity index (χ0v) is 11.7. The molecule has 0 aliphatic heterocycles. The average Bonchev–Trinajstić information content (AvgIpc) is 2.96. The number of nitrogens with zero attached hydrogens (tertiary/aromatic N) is 3. The van der Waals surface area contributed by atoms with Crippen LogP contribution in [0.3, 0.4) is 0 Å². The summed E-state index contributed by atoms with van der Waals surface area (Å²) in [5.41, 5.74) is 2.88. The number of hydrogen-bond acceptors (Lipinski definition) is 5. The molecule has 2 N–H and O–H groups in total. The Kier molecular flexibility index (Phi) is 3.06. The molecule has 1 atom stereocenters. The molecule has 2 aromatic heterocycles. The molecule has 0 radical (unpaired) electrons. The van der Waals surface area contributed by atoms with Crippen molar-refractivity contribution in [2.24, 2.45) is 5.92 Å². The lowest BCUT2D eigenvalue weighted by atomic mass is 9.89. The number of aromatic nitrogens is 4. The third-order valence-corrected chi connectivity index (χ3v) is 4.49. The van der Waals surface area contributed by atoms with Gasteiger partial charge < -0.3 is 5.32 Å². The molecule has 1 aliphatic rings. The lowest BCUT2D eigenvalue weighted by Crippen LogP contribution is -2.28. The molecular formula is C12H15N5OS. The molecule has 6 nitrogen and oxygen atoms in total. The van der Waals surface area contributed by atoms with E-state index in [0.717, 1.165) is 34.8 Å². The fourth-order valence-corrected chi connectivity index (χ4v) is 3.06. The number of nitrogens with one attached hydrogen (secondary N) is 2. The zero-order chi connectivity index (χ0) is 13.4. The first-order valence-electron chi connectivity index (χ1n) is 6.27. The van der Waals surface area contributed by atoms with Crippen molar-refractivity contribution in [3.63, 3.8) is 0 Å². The van der Waals surface area contributed by atoms with E-state index in [2.05, 4.69) is 25.7 Å². The van der Waals surface area contributed by atoms with Crippen molar-refractivity contribution in [2.45, 2.75) is 33.1 Å². The number of thiazole rings is 1. The number of carbonyl (C=O) groups excluding carboxylic acids is 1. The van der Waals surface area contributed by atoms with Gasteiger partial charge in [0.25, 0.3) is 0 Å². The van der Waals surface area contributed by atoms with E-state index in [9.17, 15) is 4.79 Å². The third kappa shape index (κ3) is 2.37. The van der Waals surface area contributed by atoms with Gasteiger partial charge in [0.05, 0.1) is 17.1 Å². The summed E-state index contributed by atoms with van der Waals surface area (Å²) in [5, 5.41) is 14.4. The Labute approximate surface area is 114 Å². The highest BCUT2D eigenvalue weighted by molar-refractivity contribution is 7.15. The van der Waals surface area contributed by atoms with Gasteiger partial charge in [-0.15, -0.1) is 11.3 Å². The number of anilines is 1. The molecule has 7 heteroatoms. The van der Waals surface area contributed by atoms with Crippen LogP contribution in [-0.2, 0) is 17.6 Å². The van der Waals surface area contributed by atoms with Crippen LogP contribution in [-0.4, -0.2) is 26.3 Å². The van der Waals surface area contributed by atoms with Crippen molar-refractivity contribution in [2.75, 3.05) is 5.32 Å². The number of aryl methyl sites for hydroxylation is 3. The number of carbonyl (C=O) groups is 1. The lowest BCUT2D eigenvalue weighted by Gasteiger charge is -2.18. The van der Waals surface area contributed by atoms with Crippen LogP contribution in [0.1, 0.15) is 28.4 Å². The Hall–Kier alpha value is -1.76. The van der Waals surface area contributed by atoms with Gasteiger partial charge in [0, 0.05) is 17.2 Å². The molecule has 0 bridgehead atoms. The standard InChI is InChI=1S/C12H15N5OS/c1-6-7(2)19-12(13-6)14-11(18)8-3-4-9-10(5-8)16-17-15-9/h8H,3-5H2,1-2H3,(H,13,14,18)(H,15,16,17). The summed E-state index contributed by atoms with van der Waals surface area (Å²) < 4.78 is 0. The van der Waals surface area contributed by atoms with E-state index in [0.29, 0.717) is 11.6 Å². The molecule has 1 amide bonds. The van der Waals surface area contributed by atoms with Crippen molar-refractivity contribution in [1.29, 1.82) is 0 Å². The first-order valence-corrected chi connectivity index (χ1v) is 7.08. The van der Waals surface area contributed by atoms with Gasteiger partial charge in [0.15, 0.2) is 5.13 Å². The first kappa shape index (κ1) is 12.3. The molecule has 1 aliphatic carbocycles. The molecule has 0 fully saturated rings. The van der Waals surface area contributed by atoms with Gasteiger partial charge in [-0.2, -0.15) is 15.4 Å². The van der Waals surface area contributed by atoms with Crippen molar-refractivity contribution < 1.29 is 4.79 Å². The number of H-pyrrole nitrogens is 1. The Bertz CT molecular complexity index is 598. The lowest BCUT2D eigenvalue weighted by molar-refractivity contribution is -0.120. The largest absolute Gasteiger partial charge is 0.302 e. The monoisotopic (exact) mass is 277 g/mol. The summed E-state index contributed by atoms with van der Waals surface area (Å²) >= 11 is 1.52. The molecule has 3 rings (SSSR count). The minimum absolute atomic E-state index is 0.0300. The van der Waals surface area contributed by atoms with E-state index < -0.39 is 0 Å². The predicted molar refractivity (Wildman–Crippen MR) is 72.1 cm³/mol. The number of rotatable bonds is 2. The van der Waals surface area contributed by atoms with Crippen LogP contribution in [0.25, 0.3) is 0 Å². The van der Waals surface area contributed by atoms with Gasteiger partial charge in [-0.25, -0.2) is 4.98 Å². The third-order valence-electron chi connectivity index (χ3n) is 3.50. The topological polar surface area (TPSA) is 83.6 Å². The maximum atomic E-state index is 12.2. The van der Waals surface area contributed by atoms with E-state index in [4.69, 9.17) is 0 Å². The summed E-state index contributed by atoms with van der Waals surface area (Å²) in [6.07, 6.45) is 2.27. The fraction of sp³-hybridized carbons (Fsp3) is 0.500. The maximum Gasteiger partial charge on any atom is 0.229 e. The molecule has 2 aromatic rings. The second-order valence-electron chi connectivity index (χ2n) is 4.81. The molecular weight excluding hydrogens is 262 g/mol. The van der Waals surface area contributed by atoms with Crippen LogP contribution >= 0.6 is 11.3 Å². The Balaban J connectivity index is 1.68. The predicted octanol–water partition coefficient (Wildman–Crippen LogP) is 1.62. The van der Waals surface area contributed by atoms with E-state index in [1.807, 2.05) is 13.8 Å². The summed E-state index contributed by atoms with van der Waals surface area (Å²) in [6, 6.07) is 0. The van der Waals surface area contributed by atoms with E-state index in [1.54, 1.807) is 0 Å². The molecule has 0 saturated heterocycles. The SMILES string of the molecule is Cc1nc(NC(=O)C2CCc3n[nH]nc3C2)sc1C. The van der Waals surface area contributed by atoms with Crippen LogP contribution in [0.15, 0.2) is 0 Å². The number of hydrogen-bond donors (Lipinski definition) is 2. The van der Waals surface area contributed by atoms with Crippen molar-refractivity contribution in [1.82, 2.24) is 20.4 Å². The quantitative estimate of drug-likeness (QED) is 0.873. The van der Waals surface area contributed by atoms with Crippen molar-refractivity contribution >= 4 is 22.4 Å². The van der Waals surface area contributed by atoms with Crippen LogP contribution in [0.2, 0.25) is 0 Å². The van der Waals surface area contributed by atoms with Gasteiger partial charge in [0.1, 0.15) is 0 Å². The summed E-state index contributed by atoms with van der Waals surface area (Å²) in [7, 11) is 0. The number of aromatic amines is 1. The molecule has 19 heavy (non-hydrogen) atoms. The average molecular weight is 277 g/mol. The zero-order valence-electron chi connectivity index (χ0n) is 10.9. The van der Waals surface area contributed by atoms with Crippen molar-refractivity contribution in [3.05, 3.63) is 22.0 Å². The summed E-state index contributed by atoms with van der Waals surface area (Å²) in [4.78, 5) is 17.7. The van der Waals surface area contributed by atoms with E-state index in [-0.39, 0.29) is 11.8 Å². The van der Waals surface area contributed by atoms with Crippen molar-refractivity contribution in [3.8, 4) is 0 Å². The van der Waals surface area contributed by atoms with Gasteiger partial charge in [-0.3, -0.25) is 4.79 Å². The summed E-state index contributed by atoms with van der Waals surface area (Å²) in [5.74, 6) is -0.00971. The molecule has 2 heterocycles. The normalized spacial score (nSPS) is 18.1. The minimum atomic E-state index is -0.0397. The number of amides is 1. The maximum absolute atomic E-state index is 12.2. The van der Waals surface area contributed by atoms with E-state index in [1.165, 1.54) is 11.3 Å².